The Morgan fingerprint density at radius 1 is 0.686 bits per heavy atom. The summed E-state index contributed by atoms with van der Waals surface area (Å²) in [5.41, 5.74) is 4.36. The number of nitrogen functional groups attached to an aromatic ring is 1. The van der Waals surface area contributed by atoms with Crippen molar-refractivity contribution in [2.24, 2.45) is 20.5 Å². The smallest absolute Gasteiger partial charge is 0.354 e. The van der Waals surface area contributed by atoms with Gasteiger partial charge in [0.2, 0.25) is 0 Å². The molecule has 0 aliphatic heterocycles. The number of benzene rings is 4. The Morgan fingerprint density at radius 3 is 2.02 bits per heavy atom. The van der Waals surface area contributed by atoms with Crippen LogP contribution in [0.3, 0.4) is 0 Å². The molecule has 0 fully saturated rings. The average Bonchev–Trinajstić information content (AvgIpc) is 3.05. The molecule has 6 rings (SSSR count). The number of anilines is 1. The van der Waals surface area contributed by atoms with Crippen molar-refractivity contribution in [1.29, 1.82) is 0 Å². The highest BCUT2D eigenvalue weighted by molar-refractivity contribution is 7.86. The maximum Gasteiger partial charge on any atom is 0.354 e. The Kier molecular flexibility index (Phi) is 8.45. The zero-order chi connectivity index (χ0) is 37.0. The molecular weight excluding hydrogens is 735 g/mol. The van der Waals surface area contributed by atoms with E-state index in [1.54, 1.807) is 0 Å². The molecule has 2 heterocycles. The van der Waals surface area contributed by atoms with Crippen molar-refractivity contribution in [3.63, 3.8) is 0 Å². The lowest BCUT2D eigenvalue weighted by Gasteiger charge is -2.11. The SMILES string of the molecule is Nc1cc2c(O)c(N=Nc3ccc(N=Nc4cnc5ccc(S(=O)(=O)O)cc5c4)c4ccc(C(=O)O)nc34)c(S(=O)(=O)O)cc2cc1S(=O)(=O)O. The second-order valence-corrected chi connectivity index (χ2v) is 14.8. The zero-order valence-electron chi connectivity index (χ0n) is 25.0. The van der Waals surface area contributed by atoms with Gasteiger partial charge >= 0.3 is 5.97 Å². The molecule has 0 saturated heterocycles. The van der Waals surface area contributed by atoms with Crippen LogP contribution in [-0.2, 0) is 30.4 Å². The lowest BCUT2D eigenvalue weighted by atomic mass is 10.1. The molecule has 0 atom stereocenters. The average molecular weight is 754 g/mol. The molecule has 0 spiro atoms. The summed E-state index contributed by atoms with van der Waals surface area (Å²) in [5, 5.41) is 36.6. The molecule has 2 aromatic heterocycles. The van der Waals surface area contributed by atoms with Crippen LogP contribution in [-0.4, -0.2) is 65.1 Å². The topological polar surface area (TPSA) is 322 Å². The van der Waals surface area contributed by atoms with Crippen LogP contribution < -0.4 is 5.73 Å². The number of carbonyl (C=O) groups is 1. The number of rotatable bonds is 8. The molecule has 0 radical (unpaired) electrons. The van der Waals surface area contributed by atoms with Crippen LogP contribution in [0.4, 0.5) is 28.4 Å². The van der Waals surface area contributed by atoms with Crippen LogP contribution in [0.1, 0.15) is 10.5 Å². The van der Waals surface area contributed by atoms with Crippen molar-refractivity contribution in [2.45, 2.75) is 14.7 Å². The van der Waals surface area contributed by atoms with Crippen molar-refractivity contribution in [3.05, 3.63) is 78.6 Å². The number of pyridine rings is 2. The minimum absolute atomic E-state index is 0.123. The van der Waals surface area contributed by atoms with Crippen molar-refractivity contribution in [3.8, 4) is 5.75 Å². The standard InChI is InChI=1S/C29H19N7O12S3/c30-19-11-18-13(9-24(19)50(43,44)45)10-25(51(46,47)48)27(28(18)37)36-35-22-6-5-21(17-2-4-23(29(38)39)32-26(17)22)34-33-15-7-14-8-16(49(40,41)42)1-3-20(14)31-12-15/h1-12,37H,30H2,(H,38,39)(H,40,41,42)(H,43,44,45)(H,46,47,48). The van der Waals surface area contributed by atoms with Gasteiger partial charge in [-0.05, 0) is 72.1 Å². The first-order valence-corrected chi connectivity index (χ1v) is 18.1. The van der Waals surface area contributed by atoms with E-state index in [4.69, 9.17) is 5.73 Å². The monoisotopic (exact) mass is 753 g/mol. The highest BCUT2D eigenvalue weighted by Crippen LogP contribution is 2.44. The van der Waals surface area contributed by atoms with Gasteiger partial charge in [-0.2, -0.15) is 25.3 Å². The number of phenols is 1. The van der Waals surface area contributed by atoms with Gasteiger partial charge in [0.1, 0.15) is 38.1 Å². The van der Waals surface area contributed by atoms with Crippen LogP contribution in [0, 0.1) is 0 Å². The number of hydrogen-bond acceptors (Lipinski definition) is 15. The van der Waals surface area contributed by atoms with Gasteiger partial charge in [-0.1, -0.05) is 0 Å². The number of carboxylic acid groups (broad SMARTS) is 1. The van der Waals surface area contributed by atoms with Crippen LogP contribution in [0.15, 0.2) is 108 Å². The number of fused-ring (bicyclic) bond motifs is 3. The number of nitrogens with two attached hydrogens (primary N) is 1. The summed E-state index contributed by atoms with van der Waals surface area (Å²) < 4.78 is 99.9. The van der Waals surface area contributed by atoms with E-state index < -0.39 is 68.9 Å². The molecule has 0 bridgehead atoms. The fourth-order valence-corrected chi connectivity index (χ4v) is 6.72. The van der Waals surface area contributed by atoms with Crippen LogP contribution in [0.25, 0.3) is 32.6 Å². The summed E-state index contributed by atoms with van der Waals surface area (Å²) >= 11 is 0. The Hall–Kier alpha value is -6.04. The van der Waals surface area contributed by atoms with Gasteiger partial charge in [0.25, 0.3) is 30.4 Å². The zero-order valence-corrected chi connectivity index (χ0v) is 27.5. The Balaban J connectivity index is 1.47. The summed E-state index contributed by atoms with van der Waals surface area (Å²) in [7, 11) is -14.5. The molecule has 7 N–H and O–H groups in total. The molecule has 22 heteroatoms. The number of aromatic nitrogens is 2. The van der Waals surface area contributed by atoms with E-state index in [-0.39, 0.29) is 43.6 Å². The normalized spacial score (nSPS) is 12.8. The second kappa shape index (κ2) is 12.4. The molecule has 0 aliphatic rings. The van der Waals surface area contributed by atoms with Gasteiger partial charge in [0.05, 0.1) is 28.0 Å². The van der Waals surface area contributed by atoms with Gasteiger partial charge < -0.3 is 15.9 Å². The molecule has 0 unspecified atom stereocenters. The molecule has 0 aliphatic carbocycles. The summed E-state index contributed by atoms with van der Waals surface area (Å²) in [5.74, 6) is -2.32. The Bertz CT molecular complexity index is 2900. The minimum Gasteiger partial charge on any atom is -0.505 e. The maximum atomic E-state index is 12.3. The predicted octanol–water partition coefficient (Wildman–Crippen LogP) is 5.49. The van der Waals surface area contributed by atoms with Crippen LogP contribution in [0.5, 0.6) is 5.75 Å². The summed E-state index contributed by atoms with van der Waals surface area (Å²) in [6.07, 6.45) is 1.34. The fraction of sp³-hybridized carbons (Fsp3) is 0. The molecule has 4 aromatic carbocycles. The first-order valence-electron chi connectivity index (χ1n) is 13.7. The van der Waals surface area contributed by atoms with Crippen LogP contribution in [0.2, 0.25) is 0 Å². The highest BCUT2D eigenvalue weighted by Gasteiger charge is 2.25. The molecule has 51 heavy (non-hydrogen) atoms. The third kappa shape index (κ3) is 6.89. The third-order valence-corrected chi connectivity index (χ3v) is 9.86. The van der Waals surface area contributed by atoms with E-state index in [1.165, 1.54) is 48.7 Å². The minimum atomic E-state index is -5.16. The van der Waals surface area contributed by atoms with Gasteiger partial charge in [-0.25, -0.2) is 9.78 Å². The van der Waals surface area contributed by atoms with Crippen LogP contribution >= 0.6 is 0 Å². The molecule has 19 nitrogen and oxygen atoms in total. The van der Waals surface area contributed by atoms with Gasteiger partial charge in [0, 0.05) is 16.2 Å². The number of hydrogen-bond donors (Lipinski definition) is 6. The van der Waals surface area contributed by atoms with Crippen molar-refractivity contribution >= 4 is 97.3 Å². The van der Waals surface area contributed by atoms with Crippen molar-refractivity contribution in [2.75, 3.05) is 5.73 Å². The molecule has 6 aromatic rings. The second-order valence-electron chi connectivity index (χ2n) is 10.6. The van der Waals surface area contributed by atoms with Crippen molar-refractivity contribution < 1.29 is 53.9 Å². The first-order chi connectivity index (χ1) is 23.8. The molecule has 0 amide bonds. The number of aromatic carboxylic acids is 1. The van der Waals surface area contributed by atoms with E-state index >= 15 is 0 Å². The largest absolute Gasteiger partial charge is 0.505 e. The number of aromatic hydroxyl groups is 1. The van der Waals surface area contributed by atoms with E-state index in [0.29, 0.717) is 10.9 Å². The summed E-state index contributed by atoms with van der Waals surface area (Å²) in [6, 6.07) is 12.8. The van der Waals surface area contributed by atoms with E-state index in [1.807, 2.05) is 0 Å². The third-order valence-electron chi connectivity index (χ3n) is 7.24. The van der Waals surface area contributed by atoms with E-state index in [0.717, 1.165) is 24.3 Å². The number of carboxylic acids is 1. The molecule has 0 saturated carbocycles. The molecule has 260 valence electrons. The first kappa shape index (κ1) is 34.8. The maximum absolute atomic E-state index is 12.3. The fourth-order valence-electron chi connectivity index (χ4n) is 4.91. The lowest BCUT2D eigenvalue weighted by Crippen LogP contribution is -2.04. The number of phenolic OH excluding ortho intramolecular Hbond substituents is 1. The van der Waals surface area contributed by atoms with Crippen molar-refractivity contribution in [1.82, 2.24) is 9.97 Å². The van der Waals surface area contributed by atoms with Gasteiger partial charge in [-0.15, -0.1) is 20.5 Å². The number of azo groups is 2. The quantitative estimate of drug-likeness (QED) is 0.0635. The Labute approximate surface area is 285 Å². The summed E-state index contributed by atoms with van der Waals surface area (Å²) in [4.78, 5) is 17.9. The molecular formula is C29H19N7O12S3. The van der Waals surface area contributed by atoms with Gasteiger partial charge in [0.15, 0.2) is 5.75 Å². The predicted molar refractivity (Wildman–Crippen MR) is 178 cm³/mol. The lowest BCUT2D eigenvalue weighted by molar-refractivity contribution is 0.0690. The highest BCUT2D eigenvalue weighted by atomic mass is 32.2. The van der Waals surface area contributed by atoms with E-state index in [9.17, 15) is 53.9 Å². The van der Waals surface area contributed by atoms with Gasteiger partial charge in [-0.3, -0.25) is 18.6 Å². The summed E-state index contributed by atoms with van der Waals surface area (Å²) in [6.45, 7) is 0. The number of nitrogens with zero attached hydrogens (tertiary/aromatic N) is 6. The van der Waals surface area contributed by atoms with E-state index in [2.05, 4.69) is 30.4 Å². The Morgan fingerprint density at radius 2 is 1.35 bits per heavy atom.